The van der Waals surface area contributed by atoms with Gasteiger partial charge in [0, 0.05) is 19.3 Å². The van der Waals surface area contributed by atoms with Crippen LogP contribution in [0.3, 0.4) is 0 Å². The number of hydrogen-bond donors (Lipinski definition) is 0. The smallest absolute Gasteiger partial charge is 0.302 e. The summed E-state index contributed by atoms with van der Waals surface area (Å²) >= 11 is 0. The molecular weight excluding hydrogens is 396 g/mol. The van der Waals surface area contributed by atoms with Gasteiger partial charge >= 0.3 is 5.97 Å². The lowest BCUT2D eigenvalue weighted by Gasteiger charge is -2.33. The van der Waals surface area contributed by atoms with E-state index in [9.17, 15) is 9.59 Å². The van der Waals surface area contributed by atoms with Gasteiger partial charge in [-0.25, -0.2) is 0 Å². The molecule has 0 heterocycles. The lowest BCUT2D eigenvalue weighted by atomic mass is 9.72. The molecule has 0 saturated heterocycles. The van der Waals surface area contributed by atoms with Crippen LogP contribution >= 0.6 is 0 Å². The van der Waals surface area contributed by atoms with E-state index >= 15 is 0 Å². The predicted molar refractivity (Wildman–Crippen MR) is 136 cm³/mol. The fraction of sp³-hybridized carbons (Fsp3) is 0.793. The van der Waals surface area contributed by atoms with Gasteiger partial charge in [-0.05, 0) is 61.9 Å². The Balaban J connectivity index is 2.66. The third-order valence-electron chi connectivity index (χ3n) is 7.35. The van der Waals surface area contributed by atoms with Gasteiger partial charge in [-0.3, -0.25) is 9.59 Å². The first-order valence-corrected chi connectivity index (χ1v) is 13.0. The minimum atomic E-state index is -0.347. The lowest BCUT2D eigenvalue weighted by Crippen LogP contribution is -2.29. The largest absolute Gasteiger partial charge is 0.462 e. The molecule has 4 atom stereocenters. The quantitative estimate of drug-likeness (QED) is 0.252. The number of allylic oxidation sites excluding steroid dienone is 4. The number of rotatable bonds is 14. The van der Waals surface area contributed by atoms with Crippen molar-refractivity contribution in [2.75, 3.05) is 0 Å². The van der Waals surface area contributed by atoms with E-state index in [-0.39, 0.29) is 35.1 Å². The Hall–Kier alpha value is -1.38. The molecule has 0 N–H and O–H groups in total. The van der Waals surface area contributed by atoms with E-state index in [1.165, 1.54) is 56.6 Å². The Morgan fingerprint density at radius 3 is 2.41 bits per heavy atom. The molecule has 184 valence electrons. The molecule has 4 unspecified atom stereocenters. The average molecular weight is 447 g/mol. The SMILES string of the molecule is CCCC(C)CCCC(C)C(=O)CC(OC(C)=O)C(C)C/C=C/C1=C(C)CCCC1(C)C. The molecule has 0 bridgehead atoms. The standard InChI is InChI=1S/C29H50O3/c1-9-13-21(2)14-10-15-23(4)27(31)20-28(32-25(6)30)24(5)16-11-18-26-22(3)17-12-19-29(26,7)8/h11,18,21,23-24,28H,9-10,12-17,19-20H2,1-8H3/b18-11+. The van der Waals surface area contributed by atoms with E-state index in [0.29, 0.717) is 6.42 Å². The molecule has 0 radical (unpaired) electrons. The van der Waals surface area contributed by atoms with Gasteiger partial charge < -0.3 is 4.74 Å². The molecule has 0 amide bonds. The number of ketones is 1. The Bertz CT molecular complexity index is 655. The first-order valence-electron chi connectivity index (χ1n) is 13.0. The van der Waals surface area contributed by atoms with Gasteiger partial charge in [0.1, 0.15) is 11.9 Å². The summed E-state index contributed by atoms with van der Waals surface area (Å²) in [6.45, 7) is 17.0. The highest BCUT2D eigenvalue weighted by molar-refractivity contribution is 5.81. The maximum Gasteiger partial charge on any atom is 0.302 e. The summed E-state index contributed by atoms with van der Waals surface area (Å²) in [5.41, 5.74) is 3.15. The molecular formula is C29H50O3. The van der Waals surface area contributed by atoms with Crippen molar-refractivity contribution in [1.82, 2.24) is 0 Å². The molecule has 3 nitrogen and oxygen atoms in total. The van der Waals surface area contributed by atoms with Crippen LogP contribution < -0.4 is 0 Å². The van der Waals surface area contributed by atoms with E-state index in [4.69, 9.17) is 4.74 Å². The first-order chi connectivity index (χ1) is 15.0. The molecule has 0 spiro atoms. The first kappa shape index (κ1) is 28.7. The Morgan fingerprint density at radius 2 is 1.81 bits per heavy atom. The molecule has 0 saturated carbocycles. The molecule has 1 rings (SSSR count). The third-order valence-corrected chi connectivity index (χ3v) is 7.35. The molecule has 0 aromatic carbocycles. The topological polar surface area (TPSA) is 43.4 Å². The highest BCUT2D eigenvalue weighted by atomic mass is 16.5. The van der Waals surface area contributed by atoms with Crippen LogP contribution in [0.5, 0.6) is 0 Å². The summed E-state index contributed by atoms with van der Waals surface area (Å²) in [5, 5.41) is 0. The van der Waals surface area contributed by atoms with Crippen molar-refractivity contribution in [2.24, 2.45) is 23.2 Å². The summed E-state index contributed by atoms with van der Waals surface area (Å²) in [4.78, 5) is 24.6. The Labute approximate surface area is 198 Å². The van der Waals surface area contributed by atoms with Crippen LogP contribution in [0, 0.1) is 23.2 Å². The van der Waals surface area contributed by atoms with Crippen LogP contribution in [0.4, 0.5) is 0 Å². The second kappa shape index (κ2) is 14.0. The zero-order chi connectivity index (χ0) is 24.3. The van der Waals surface area contributed by atoms with E-state index in [0.717, 1.165) is 25.2 Å². The van der Waals surface area contributed by atoms with Crippen molar-refractivity contribution in [2.45, 2.75) is 126 Å². The summed E-state index contributed by atoms with van der Waals surface area (Å²) in [6, 6.07) is 0. The summed E-state index contributed by atoms with van der Waals surface area (Å²) < 4.78 is 5.61. The van der Waals surface area contributed by atoms with Crippen molar-refractivity contribution in [1.29, 1.82) is 0 Å². The Kier molecular flexibility index (Phi) is 12.5. The van der Waals surface area contributed by atoms with Crippen molar-refractivity contribution in [3.63, 3.8) is 0 Å². The van der Waals surface area contributed by atoms with Crippen LogP contribution in [-0.4, -0.2) is 17.9 Å². The maximum absolute atomic E-state index is 12.9. The highest BCUT2D eigenvalue weighted by Gasteiger charge is 2.28. The number of carbonyl (C=O) groups is 2. The van der Waals surface area contributed by atoms with Crippen molar-refractivity contribution < 1.29 is 14.3 Å². The highest BCUT2D eigenvalue weighted by Crippen LogP contribution is 2.40. The van der Waals surface area contributed by atoms with Gasteiger partial charge in [-0.2, -0.15) is 0 Å². The molecule has 0 fully saturated rings. The minimum absolute atomic E-state index is 0.0282. The van der Waals surface area contributed by atoms with Gasteiger partial charge in [0.2, 0.25) is 0 Å². The zero-order valence-corrected chi connectivity index (χ0v) is 22.3. The second-order valence-corrected chi connectivity index (χ2v) is 11.1. The summed E-state index contributed by atoms with van der Waals surface area (Å²) in [7, 11) is 0. The van der Waals surface area contributed by atoms with Crippen LogP contribution in [-0.2, 0) is 14.3 Å². The molecule has 0 aliphatic heterocycles. The van der Waals surface area contributed by atoms with Gasteiger partial charge in [0.15, 0.2) is 0 Å². The minimum Gasteiger partial charge on any atom is -0.462 e. The van der Waals surface area contributed by atoms with Crippen LogP contribution in [0.2, 0.25) is 0 Å². The van der Waals surface area contributed by atoms with E-state index in [1.54, 1.807) is 0 Å². The molecule has 1 aliphatic rings. The van der Waals surface area contributed by atoms with Gasteiger partial charge in [0.05, 0.1) is 0 Å². The summed E-state index contributed by atoms with van der Waals surface area (Å²) in [6.07, 6.45) is 14.6. The normalized spacial score (nSPS) is 20.1. The number of Topliss-reactive ketones (excluding diaryl/α,β-unsaturated/α-hetero) is 1. The Morgan fingerprint density at radius 1 is 1.12 bits per heavy atom. The van der Waals surface area contributed by atoms with Crippen molar-refractivity contribution in [3.8, 4) is 0 Å². The van der Waals surface area contributed by atoms with E-state index in [1.807, 2.05) is 6.92 Å². The number of esters is 1. The number of ether oxygens (including phenoxy) is 1. The zero-order valence-electron chi connectivity index (χ0n) is 22.3. The predicted octanol–water partition coefficient (Wildman–Crippen LogP) is 8.23. The van der Waals surface area contributed by atoms with Gasteiger partial charge in [0.25, 0.3) is 0 Å². The molecule has 32 heavy (non-hydrogen) atoms. The van der Waals surface area contributed by atoms with Crippen molar-refractivity contribution in [3.05, 3.63) is 23.3 Å². The van der Waals surface area contributed by atoms with Gasteiger partial charge in [-0.15, -0.1) is 0 Å². The van der Waals surface area contributed by atoms with Crippen molar-refractivity contribution >= 4 is 11.8 Å². The lowest BCUT2D eigenvalue weighted by molar-refractivity contribution is -0.150. The number of hydrogen-bond acceptors (Lipinski definition) is 3. The van der Waals surface area contributed by atoms with Crippen LogP contribution in [0.15, 0.2) is 23.3 Å². The van der Waals surface area contributed by atoms with Crippen LogP contribution in [0.25, 0.3) is 0 Å². The van der Waals surface area contributed by atoms with E-state index in [2.05, 4.69) is 53.7 Å². The fourth-order valence-electron chi connectivity index (χ4n) is 5.10. The molecule has 1 aliphatic carbocycles. The second-order valence-electron chi connectivity index (χ2n) is 11.1. The molecule has 0 aromatic rings. The molecule has 3 heteroatoms. The average Bonchev–Trinajstić information content (AvgIpc) is 2.68. The van der Waals surface area contributed by atoms with Crippen LogP contribution in [0.1, 0.15) is 120 Å². The van der Waals surface area contributed by atoms with Gasteiger partial charge in [-0.1, -0.05) is 85.0 Å². The summed E-state index contributed by atoms with van der Waals surface area (Å²) in [5.74, 6) is 0.800. The molecule has 0 aromatic heterocycles. The fourth-order valence-corrected chi connectivity index (χ4v) is 5.10. The monoisotopic (exact) mass is 446 g/mol. The van der Waals surface area contributed by atoms with E-state index < -0.39 is 0 Å². The third kappa shape index (κ3) is 10.0. The maximum atomic E-state index is 12.9. The number of carbonyl (C=O) groups excluding carboxylic acids is 2.